The summed E-state index contributed by atoms with van der Waals surface area (Å²) in [6, 6.07) is 0. The lowest BCUT2D eigenvalue weighted by Crippen LogP contribution is -2.30. The second-order valence-electron chi connectivity index (χ2n) is 6.94. The van der Waals surface area contributed by atoms with Gasteiger partial charge in [-0.3, -0.25) is 4.90 Å². The maximum atomic E-state index is 5.98. The molecule has 2 heterocycles. The fourth-order valence-electron chi connectivity index (χ4n) is 2.78. The SMILES string of the molecule is CC(C)C1CCCN(Cc2nc(C(C)(C)N)no2)CC1. The molecule has 2 N–H and O–H groups in total. The molecule has 0 spiro atoms. The average molecular weight is 280 g/mol. The van der Waals surface area contributed by atoms with Crippen molar-refractivity contribution in [3.63, 3.8) is 0 Å². The third kappa shape index (κ3) is 4.03. The summed E-state index contributed by atoms with van der Waals surface area (Å²) in [6.45, 7) is 11.4. The van der Waals surface area contributed by atoms with Crippen LogP contribution in [0.25, 0.3) is 0 Å². The van der Waals surface area contributed by atoms with Crippen LogP contribution in [0.15, 0.2) is 4.52 Å². The highest BCUT2D eigenvalue weighted by Crippen LogP contribution is 2.25. The van der Waals surface area contributed by atoms with Crippen LogP contribution in [0.5, 0.6) is 0 Å². The number of nitrogens with two attached hydrogens (primary N) is 1. The summed E-state index contributed by atoms with van der Waals surface area (Å²) in [5.41, 5.74) is 5.44. The summed E-state index contributed by atoms with van der Waals surface area (Å²) in [6.07, 6.45) is 3.85. The van der Waals surface area contributed by atoms with Crippen LogP contribution in [-0.2, 0) is 12.1 Å². The van der Waals surface area contributed by atoms with Gasteiger partial charge in [-0.15, -0.1) is 0 Å². The highest BCUT2D eigenvalue weighted by molar-refractivity contribution is 4.99. The first kappa shape index (κ1) is 15.4. The quantitative estimate of drug-likeness (QED) is 0.918. The predicted octanol–water partition coefficient (Wildman–Crippen LogP) is 2.52. The highest BCUT2D eigenvalue weighted by Gasteiger charge is 2.24. The summed E-state index contributed by atoms with van der Waals surface area (Å²) in [7, 11) is 0. The van der Waals surface area contributed by atoms with Gasteiger partial charge in [-0.25, -0.2) is 0 Å². The first-order chi connectivity index (χ1) is 9.36. The van der Waals surface area contributed by atoms with E-state index in [0.717, 1.165) is 31.5 Å². The van der Waals surface area contributed by atoms with Crippen molar-refractivity contribution in [3.8, 4) is 0 Å². The maximum Gasteiger partial charge on any atom is 0.240 e. The third-order valence-electron chi connectivity index (χ3n) is 4.21. The zero-order valence-corrected chi connectivity index (χ0v) is 13.2. The van der Waals surface area contributed by atoms with Gasteiger partial charge in [0.2, 0.25) is 5.89 Å². The van der Waals surface area contributed by atoms with Gasteiger partial charge in [0.15, 0.2) is 5.82 Å². The van der Waals surface area contributed by atoms with E-state index in [0.29, 0.717) is 11.7 Å². The molecule has 1 aromatic heterocycles. The van der Waals surface area contributed by atoms with Gasteiger partial charge >= 0.3 is 0 Å². The molecule has 0 amide bonds. The van der Waals surface area contributed by atoms with Crippen molar-refractivity contribution < 1.29 is 4.52 Å². The molecule has 20 heavy (non-hydrogen) atoms. The summed E-state index contributed by atoms with van der Waals surface area (Å²) in [5.74, 6) is 2.90. The predicted molar refractivity (Wildman–Crippen MR) is 79.0 cm³/mol. The Morgan fingerprint density at radius 2 is 2.10 bits per heavy atom. The van der Waals surface area contributed by atoms with Crippen molar-refractivity contribution in [2.75, 3.05) is 13.1 Å². The number of hydrogen-bond donors (Lipinski definition) is 1. The first-order valence-electron chi connectivity index (χ1n) is 7.70. The minimum atomic E-state index is -0.538. The van der Waals surface area contributed by atoms with Crippen molar-refractivity contribution >= 4 is 0 Å². The molecule has 1 saturated heterocycles. The summed E-state index contributed by atoms with van der Waals surface area (Å²) in [5, 5.41) is 3.98. The Balaban J connectivity index is 1.92. The zero-order valence-electron chi connectivity index (χ0n) is 13.2. The molecule has 1 unspecified atom stereocenters. The van der Waals surface area contributed by atoms with Crippen molar-refractivity contribution in [2.45, 2.75) is 59.0 Å². The standard InChI is InChI=1S/C15H28N4O/c1-11(2)12-6-5-8-19(9-7-12)10-13-17-14(18-20-13)15(3,4)16/h11-12H,5-10,16H2,1-4H3. The Labute approximate surface area is 121 Å². The first-order valence-corrected chi connectivity index (χ1v) is 7.70. The second kappa shape index (κ2) is 6.22. The monoisotopic (exact) mass is 280 g/mol. The van der Waals surface area contributed by atoms with Crippen LogP contribution in [0.1, 0.15) is 58.7 Å². The molecular weight excluding hydrogens is 252 g/mol. The lowest BCUT2D eigenvalue weighted by Gasteiger charge is -2.19. The van der Waals surface area contributed by atoms with Gasteiger partial charge in [0.05, 0.1) is 12.1 Å². The zero-order chi connectivity index (χ0) is 14.8. The van der Waals surface area contributed by atoms with Gasteiger partial charge in [-0.1, -0.05) is 19.0 Å². The normalized spacial score (nSPS) is 22.2. The summed E-state index contributed by atoms with van der Waals surface area (Å²) in [4.78, 5) is 6.84. The van der Waals surface area contributed by atoms with Crippen LogP contribution in [0.4, 0.5) is 0 Å². The lowest BCUT2D eigenvalue weighted by atomic mass is 9.89. The molecule has 0 aromatic carbocycles. The molecule has 114 valence electrons. The van der Waals surface area contributed by atoms with Gasteiger partial charge in [0.1, 0.15) is 0 Å². The van der Waals surface area contributed by atoms with E-state index in [1.54, 1.807) is 0 Å². The fraction of sp³-hybridized carbons (Fsp3) is 0.867. The number of rotatable bonds is 4. The van der Waals surface area contributed by atoms with E-state index in [9.17, 15) is 0 Å². The van der Waals surface area contributed by atoms with Gasteiger partial charge in [0, 0.05) is 0 Å². The van der Waals surface area contributed by atoms with Crippen LogP contribution in [0.3, 0.4) is 0 Å². The molecule has 5 heteroatoms. The molecule has 0 bridgehead atoms. The Bertz CT molecular complexity index is 422. The van der Waals surface area contributed by atoms with Crippen molar-refractivity contribution in [3.05, 3.63) is 11.7 Å². The van der Waals surface area contributed by atoms with Crippen LogP contribution in [-0.4, -0.2) is 28.1 Å². The van der Waals surface area contributed by atoms with Crippen molar-refractivity contribution in [1.29, 1.82) is 0 Å². The Morgan fingerprint density at radius 3 is 2.70 bits per heavy atom. The minimum Gasteiger partial charge on any atom is -0.338 e. The number of aromatic nitrogens is 2. The highest BCUT2D eigenvalue weighted by atomic mass is 16.5. The molecule has 2 rings (SSSR count). The Hall–Kier alpha value is -0.940. The topological polar surface area (TPSA) is 68.2 Å². The average Bonchev–Trinajstić information content (AvgIpc) is 2.68. The van der Waals surface area contributed by atoms with Crippen LogP contribution in [0, 0.1) is 11.8 Å². The lowest BCUT2D eigenvalue weighted by molar-refractivity contribution is 0.227. The van der Waals surface area contributed by atoms with E-state index < -0.39 is 5.54 Å². The molecule has 1 atom stereocenters. The van der Waals surface area contributed by atoms with E-state index in [-0.39, 0.29) is 0 Å². The van der Waals surface area contributed by atoms with Crippen LogP contribution in [0.2, 0.25) is 0 Å². The second-order valence-corrected chi connectivity index (χ2v) is 6.94. The van der Waals surface area contributed by atoms with E-state index >= 15 is 0 Å². The maximum absolute atomic E-state index is 5.98. The van der Waals surface area contributed by atoms with E-state index in [1.807, 2.05) is 13.8 Å². The van der Waals surface area contributed by atoms with Crippen LogP contribution < -0.4 is 5.73 Å². The molecule has 1 aliphatic rings. The molecule has 0 radical (unpaired) electrons. The molecule has 0 saturated carbocycles. The van der Waals surface area contributed by atoms with Crippen molar-refractivity contribution in [1.82, 2.24) is 15.0 Å². The molecule has 5 nitrogen and oxygen atoms in total. The molecule has 1 aliphatic heterocycles. The van der Waals surface area contributed by atoms with Gasteiger partial charge < -0.3 is 10.3 Å². The Morgan fingerprint density at radius 1 is 1.35 bits per heavy atom. The van der Waals surface area contributed by atoms with Gasteiger partial charge in [-0.2, -0.15) is 4.98 Å². The molecule has 0 aliphatic carbocycles. The number of nitrogens with zero attached hydrogens (tertiary/aromatic N) is 3. The van der Waals surface area contributed by atoms with Crippen LogP contribution >= 0.6 is 0 Å². The number of likely N-dealkylation sites (tertiary alicyclic amines) is 1. The smallest absolute Gasteiger partial charge is 0.240 e. The van der Waals surface area contributed by atoms with Crippen molar-refractivity contribution in [2.24, 2.45) is 17.6 Å². The van der Waals surface area contributed by atoms with E-state index in [4.69, 9.17) is 10.3 Å². The van der Waals surface area contributed by atoms with Gasteiger partial charge in [0.25, 0.3) is 0 Å². The molecular formula is C15H28N4O. The third-order valence-corrected chi connectivity index (χ3v) is 4.21. The van der Waals surface area contributed by atoms with Gasteiger partial charge in [-0.05, 0) is 58.0 Å². The number of hydrogen-bond acceptors (Lipinski definition) is 5. The summed E-state index contributed by atoms with van der Waals surface area (Å²) < 4.78 is 5.33. The Kier molecular flexibility index (Phi) is 4.81. The summed E-state index contributed by atoms with van der Waals surface area (Å²) >= 11 is 0. The van der Waals surface area contributed by atoms with E-state index in [2.05, 4.69) is 28.9 Å². The largest absolute Gasteiger partial charge is 0.338 e. The minimum absolute atomic E-state index is 0.538. The molecule has 1 fully saturated rings. The fourth-order valence-corrected chi connectivity index (χ4v) is 2.78. The van der Waals surface area contributed by atoms with E-state index in [1.165, 1.54) is 19.3 Å². The molecule has 1 aromatic rings.